The van der Waals surface area contributed by atoms with Crippen LogP contribution in [0.25, 0.3) is 0 Å². The van der Waals surface area contributed by atoms with Gasteiger partial charge in [0.05, 0.1) is 0 Å². The van der Waals surface area contributed by atoms with Crippen molar-refractivity contribution in [3.05, 3.63) is 70.8 Å². The molecule has 0 aliphatic rings. The second kappa shape index (κ2) is 12.8. The van der Waals surface area contributed by atoms with Gasteiger partial charge in [-0.05, 0) is 70.7 Å². The molecule has 0 fully saturated rings. The molecule has 2 unspecified atom stereocenters. The van der Waals surface area contributed by atoms with Crippen molar-refractivity contribution in [2.24, 2.45) is 0 Å². The van der Waals surface area contributed by atoms with Gasteiger partial charge < -0.3 is 20.3 Å². The summed E-state index contributed by atoms with van der Waals surface area (Å²) in [6.45, 7) is 13.2. The Morgan fingerprint density at radius 3 is 2.17 bits per heavy atom. The molecule has 2 aromatic carbocycles. The molecule has 0 aromatic heterocycles. The van der Waals surface area contributed by atoms with Gasteiger partial charge in [-0.2, -0.15) is 12.6 Å². The van der Waals surface area contributed by atoms with Gasteiger partial charge in [0.2, 0.25) is 11.8 Å². The first-order chi connectivity index (χ1) is 16.8. The summed E-state index contributed by atoms with van der Waals surface area (Å²) < 4.78 is 5.34. The molecule has 36 heavy (non-hydrogen) atoms. The van der Waals surface area contributed by atoms with Crippen LogP contribution in [0.5, 0.6) is 0 Å². The molecule has 8 heteroatoms. The summed E-state index contributed by atoms with van der Waals surface area (Å²) in [5.41, 5.74) is 3.03. The fourth-order valence-corrected chi connectivity index (χ4v) is 4.00. The average molecular weight is 514 g/mol. The number of amides is 3. The predicted molar refractivity (Wildman–Crippen MR) is 146 cm³/mol. The van der Waals surface area contributed by atoms with Gasteiger partial charge >= 0.3 is 6.09 Å². The molecule has 0 bridgehead atoms. The number of ether oxygens (including phenoxy) is 1. The number of aryl methyl sites for hydroxylation is 2. The number of thiol groups is 1. The highest BCUT2D eigenvalue weighted by atomic mass is 32.1. The standard InChI is InChI=1S/C28H39N3O4S/c1-18(2)31(26(33)23(17-36)30-27(34)35-28(5,6)7)24(22-14-13-19(3)20(4)15-22)25(32)29-16-21-11-9-8-10-12-21/h8-15,18,23-24,36H,16-17H2,1-7H3,(H,29,32)(H,30,34). The summed E-state index contributed by atoms with van der Waals surface area (Å²) in [6, 6.07) is 13.1. The van der Waals surface area contributed by atoms with Crippen LogP contribution in [0.1, 0.15) is 62.9 Å². The lowest BCUT2D eigenvalue weighted by Gasteiger charge is -2.37. The topological polar surface area (TPSA) is 87.7 Å². The Labute approximate surface area is 220 Å². The van der Waals surface area contributed by atoms with Crippen molar-refractivity contribution in [3.8, 4) is 0 Å². The fraction of sp³-hybridized carbons (Fsp3) is 0.464. The molecule has 0 spiro atoms. The van der Waals surface area contributed by atoms with Crippen LogP contribution in [0.4, 0.5) is 4.79 Å². The molecule has 0 saturated carbocycles. The molecular formula is C28H39N3O4S. The summed E-state index contributed by atoms with van der Waals surface area (Å²) >= 11 is 4.31. The summed E-state index contributed by atoms with van der Waals surface area (Å²) in [4.78, 5) is 41.4. The van der Waals surface area contributed by atoms with Crippen molar-refractivity contribution >= 4 is 30.5 Å². The SMILES string of the molecule is Cc1ccc(C(C(=O)NCc2ccccc2)N(C(=O)C(CS)NC(=O)OC(C)(C)C)C(C)C)cc1C. The van der Waals surface area contributed by atoms with Crippen LogP contribution in [0, 0.1) is 13.8 Å². The number of benzene rings is 2. The number of carbonyl (C=O) groups is 3. The minimum Gasteiger partial charge on any atom is -0.444 e. The van der Waals surface area contributed by atoms with Crippen LogP contribution in [0.3, 0.4) is 0 Å². The van der Waals surface area contributed by atoms with E-state index in [0.717, 1.165) is 16.7 Å². The minimum absolute atomic E-state index is 0.0482. The number of nitrogens with zero attached hydrogens (tertiary/aromatic N) is 1. The Bertz CT molecular complexity index is 1050. The molecule has 0 heterocycles. The first-order valence-electron chi connectivity index (χ1n) is 12.2. The lowest BCUT2D eigenvalue weighted by molar-refractivity contribution is -0.144. The highest BCUT2D eigenvalue weighted by molar-refractivity contribution is 7.80. The number of nitrogens with one attached hydrogen (secondary N) is 2. The molecule has 2 atom stereocenters. The summed E-state index contributed by atoms with van der Waals surface area (Å²) in [7, 11) is 0. The van der Waals surface area contributed by atoms with E-state index >= 15 is 0 Å². The number of rotatable bonds is 9. The highest BCUT2D eigenvalue weighted by Gasteiger charge is 2.37. The molecule has 0 aliphatic heterocycles. The zero-order valence-corrected chi connectivity index (χ0v) is 23.2. The summed E-state index contributed by atoms with van der Waals surface area (Å²) in [5.74, 6) is -0.671. The Kier molecular flexibility index (Phi) is 10.4. The number of carbonyl (C=O) groups excluding carboxylic acids is 3. The van der Waals surface area contributed by atoms with Crippen LogP contribution in [-0.2, 0) is 20.9 Å². The van der Waals surface area contributed by atoms with E-state index in [2.05, 4.69) is 23.3 Å². The molecule has 2 aromatic rings. The zero-order chi connectivity index (χ0) is 27.0. The lowest BCUT2D eigenvalue weighted by atomic mass is 9.97. The third kappa shape index (κ3) is 8.29. The molecule has 7 nitrogen and oxygen atoms in total. The van der Waals surface area contributed by atoms with E-state index in [-0.39, 0.29) is 17.7 Å². The molecule has 2 N–H and O–H groups in total. The van der Waals surface area contributed by atoms with Gasteiger partial charge in [0, 0.05) is 18.3 Å². The molecule has 0 aliphatic carbocycles. The third-order valence-electron chi connectivity index (χ3n) is 5.67. The molecular weight excluding hydrogens is 474 g/mol. The van der Waals surface area contributed by atoms with E-state index in [0.29, 0.717) is 12.1 Å². The van der Waals surface area contributed by atoms with Crippen molar-refractivity contribution in [1.82, 2.24) is 15.5 Å². The van der Waals surface area contributed by atoms with Crippen molar-refractivity contribution < 1.29 is 19.1 Å². The van der Waals surface area contributed by atoms with Crippen molar-refractivity contribution in [3.63, 3.8) is 0 Å². The van der Waals surface area contributed by atoms with Gasteiger partial charge in [-0.1, -0.05) is 48.5 Å². The van der Waals surface area contributed by atoms with Gasteiger partial charge in [-0.15, -0.1) is 0 Å². The van der Waals surface area contributed by atoms with Crippen LogP contribution >= 0.6 is 12.6 Å². The quantitative estimate of drug-likeness (QED) is 0.424. The average Bonchev–Trinajstić information content (AvgIpc) is 2.80. The molecule has 0 radical (unpaired) electrons. The third-order valence-corrected chi connectivity index (χ3v) is 6.03. The highest BCUT2D eigenvalue weighted by Crippen LogP contribution is 2.27. The Morgan fingerprint density at radius 2 is 1.64 bits per heavy atom. The van der Waals surface area contributed by atoms with Crippen LogP contribution in [0.15, 0.2) is 48.5 Å². The van der Waals surface area contributed by atoms with Crippen LogP contribution in [0.2, 0.25) is 0 Å². The maximum atomic E-state index is 13.8. The molecule has 196 valence electrons. The maximum absolute atomic E-state index is 13.8. The van der Waals surface area contributed by atoms with Gasteiger partial charge in [-0.25, -0.2) is 4.79 Å². The van der Waals surface area contributed by atoms with Gasteiger partial charge in [0.1, 0.15) is 17.7 Å². The van der Waals surface area contributed by atoms with Crippen molar-refractivity contribution in [1.29, 1.82) is 0 Å². The van der Waals surface area contributed by atoms with E-state index in [1.165, 1.54) is 4.90 Å². The maximum Gasteiger partial charge on any atom is 0.408 e. The Hall–Kier alpha value is -3.00. The van der Waals surface area contributed by atoms with Crippen LogP contribution in [-0.4, -0.2) is 46.2 Å². The van der Waals surface area contributed by atoms with E-state index in [9.17, 15) is 14.4 Å². The first kappa shape index (κ1) is 29.2. The summed E-state index contributed by atoms with van der Waals surface area (Å²) in [5, 5.41) is 5.61. The van der Waals surface area contributed by atoms with E-state index < -0.39 is 29.7 Å². The first-order valence-corrected chi connectivity index (χ1v) is 12.8. The van der Waals surface area contributed by atoms with Crippen molar-refractivity contribution in [2.45, 2.75) is 78.7 Å². The smallest absolute Gasteiger partial charge is 0.408 e. The van der Waals surface area contributed by atoms with E-state index in [1.54, 1.807) is 20.8 Å². The number of hydrogen-bond acceptors (Lipinski definition) is 5. The lowest BCUT2D eigenvalue weighted by Crippen LogP contribution is -2.55. The van der Waals surface area contributed by atoms with Crippen LogP contribution < -0.4 is 10.6 Å². The number of alkyl carbamates (subject to hydrolysis) is 1. The Morgan fingerprint density at radius 1 is 1.00 bits per heavy atom. The van der Waals surface area contributed by atoms with E-state index in [4.69, 9.17) is 4.74 Å². The fourth-order valence-electron chi connectivity index (χ4n) is 3.75. The minimum atomic E-state index is -0.971. The van der Waals surface area contributed by atoms with Gasteiger partial charge in [-0.3, -0.25) is 9.59 Å². The zero-order valence-electron chi connectivity index (χ0n) is 22.3. The van der Waals surface area contributed by atoms with Gasteiger partial charge in [0.15, 0.2) is 0 Å². The van der Waals surface area contributed by atoms with E-state index in [1.807, 2.05) is 76.2 Å². The number of hydrogen-bond donors (Lipinski definition) is 3. The Balaban J connectivity index is 2.42. The second-order valence-corrected chi connectivity index (χ2v) is 10.5. The largest absolute Gasteiger partial charge is 0.444 e. The molecule has 0 saturated heterocycles. The monoisotopic (exact) mass is 513 g/mol. The predicted octanol–water partition coefficient (Wildman–Crippen LogP) is 4.72. The normalized spacial score (nSPS) is 13.0. The second-order valence-electron chi connectivity index (χ2n) is 10.2. The summed E-state index contributed by atoms with van der Waals surface area (Å²) in [6.07, 6.45) is -0.713. The molecule has 2 rings (SSSR count). The van der Waals surface area contributed by atoms with Gasteiger partial charge in [0.25, 0.3) is 0 Å². The molecule has 3 amide bonds. The van der Waals surface area contributed by atoms with Crippen molar-refractivity contribution in [2.75, 3.05) is 5.75 Å².